The minimum absolute atomic E-state index is 0.215. The standard InChI is InChI=1S/C12H24O2.C8H17.O.Sn/c1-2-3-4-5-6-7-8-9-10-11-12(13)14;1-3-5-7-8-6-4-2;;/h2-11H2,1H3,(H,13,14);1,3-8H2,2H3;;/q;;;+1/p-1. The first-order chi connectivity index (χ1) is 11.7. The summed E-state index contributed by atoms with van der Waals surface area (Å²) in [5.41, 5.74) is 0. The first-order valence-electron chi connectivity index (χ1n) is 10.4. The molecule has 0 unspecified atom stereocenters. The molecule has 0 saturated carbocycles. The Kier molecular flexibility index (Phi) is 19.4. The Morgan fingerprint density at radius 1 is 0.667 bits per heavy atom. The van der Waals surface area contributed by atoms with Crippen LogP contribution in [0.25, 0.3) is 0 Å². The summed E-state index contributed by atoms with van der Waals surface area (Å²) in [6, 6.07) is 0. The Bertz CT molecular complexity index is 305. The van der Waals surface area contributed by atoms with Crippen molar-refractivity contribution in [3.05, 3.63) is 0 Å². The summed E-state index contributed by atoms with van der Waals surface area (Å²) in [4.78, 5) is 11.7. The third-order valence-corrected chi connectivity index (χ3v) is 7.92. The van der Waals surface area contributed by atoms with Gasteiger partial charge in [-0.3, -0.25) is 0 Å². The van der Waals surface area contributed by atoms with Crippen LogP contribution in [0.15, 0.2) is 0 Å². The van der Waals surface area contributed by atoms with Crippen molar-refractivity contribution in [3.63, 3.8) is 0 Å². The van der Waals surface area contributed by atoms with Crippen LogP contribution in [0.5, 0.6) is 0 Å². The van der Waals surface area contributed by atoms with E-state index >= 15 is 0 Å². The first kappa shape index (κ1) is 24.1. The minimum atomic E-state index is -3.06. The summed E-state index contributed by atoms with van der Waals surface area (Å²) in [5, 5.41) is 0. The molecule has 0 N–H and O–H groups in total. The second-order valence-corrected chi connectivity index (χ2v) is 11.1. The fourth-order valence-corrected chi connectivity index (χ4v) is 5.70. The van der Waals surface area contributed by atoms with E-state index in [9.17, 15) is 7.87 Å². The van der Waals surface area contributed by atoms with E-state index in [2.05, 4.69) is 13.8 Å². The molecular weight excluding hydrogens is 407 g/mol. The van der Waals surface area contributed by atoms with Gasteiger partial charge in [0.25, 0.3) is 0 Å². The van der Waals surface area contributed by atoms with E-state index in [1.807, 2.05) is 0 Å². The van der Waals surface area contributed by atoms with Gasteiger partial charge >= 0.3 is 151 Å². The maximum atomic E-state index is 11.8. The predicted octanol–water partition coefficient (Wildman–Crippen LogP) is 6.73. The number of hydrogen-bond donors (Lipinski definition) is 0. The van der Waals surface area contributed by atoms with E-state index in [-0.39, 0.29) is 5.97 Å². The molecule has 0 saturated heterocycles. The third kappa shape index (κ3) is 18.4. The van der Waals surface area contributed by atoms with Crippen LogP contribution in [-0.4, -0.2) is 26.1 Å². The van der Waals surface area contributed by atoms with Crippen molar-refractivity contribution in [3.8, 4) is 0 Å². The van der Waals surface area contributed by atoms with Crippen molar-refractivity contribution in [1.82, 2.24) is 0 Å². The molecule has 0 spiro atoms. The van der Waals surface area contributed by atoms with Crippen LogP contribution in [0.4, 0.5) is 0 Å². The van der Waals surface area contributed by atoms with Gasteiger partial charge in [-0.15, -0.1) is 0 Å². The molecule has 0 fully saturated rings. The van der Waals surface area contributed by atoms with Crippen LogP contribution < -0.4 is 0 Å². The maximum absolute atomic E-state index is 11.8. The number of rotatable bonds is 18. The molecule has 0 aliphatic heterocycles. The second-order valence-electron chi connectivity index (χ2n) is 6.94. The van der Waals surface area contributed by atoms with Crippen molar-refractivity contribution < 1.29 is 10.9 Å². The van der Waals surface area contributed by atoms with Crippen molar-refractivity contribution in [1.29, 1.82) is 0 Å². The van der Waals surface area contributed by atoms with Gasteiger partial charge < -0.3 is 0 Å². The van der Waals surface area contributed by atoms with Crippen molar-refractivity contribution in [2.24, 2.45) is 0 Å². The number of hydrogen-bond acceptors (Lipinski definition) is 3. The van der Waals surface area contributed by atoms with Gasteiger partial charge in [0.2, 0.25) is 0 Å². The topological polar surface area (TPSA) is 43.4 Å². The molecule has 0 aliphatic rings. The molecule has 0 amide bonds. The molecule has 3 nitrogen and oxygen atoms in total. The summed E-state index contributed by atoms with van der Waals surface area (Å²) in [6.07, 6.45) is 18.7. The third-order valence-electron chi connectivity index (χ3n) is 4.45. The van der Waals surface area contributed by atoms with E-state index in [1.54, 1.807) is 0 Å². The van der Waals surface area contributed by atoms with Gasteiger partial charge in [0, 0.05) is 0 Å². The monoisotopic (exact) mass is 448 g/mol. The average Bonchev–Trinajstić information content (AvgIpc) is 2.56. The molecule has 0 aromatic rings. The van der Waals surface area contributed by atoms with Gasteiger partial charge in [0.1, 0.15) is 0 Å². The summed E-state index contributed by atoms with van der Waals surface area (Å²) in [7, 11) is 0. The molecule has 0 aromatic carbocycles. The molecule has 142 valence electrons. The Balaban J connectivity index is 3.34. The van der Waals surface area contributed by atoms with E-state index in [0.29, 0.717) is 10.9 Å². The van der Waals surface area contributed by atoms with Gasteiger partial charge in [-0.25, -0.2) is 0 Å². The number of carbonyl (C=O) groups is 1. The molecule has 0 aromatic heterocycles. The quantitative estimate of drug-likeness (QED) is 0.173. The second kappa shape index (κ2) is 19.4. The predicted molar refractivity (Wildman–Crippen MR) is 103 cm³/mol. The van der Waals surface area contributed by atoms with Gasteiger partial charge in [-0.1, -0.05) is 6.92 Å². The molecule has 0 bridgehead atoms. The average molecular weight is 447 g/mol. The molecule has 0 atom stereocenters. The van der Waals surface area contributed by atoms with Crippen LogP contribution in [0, 0.1) is 0 Å². The van der Waals surface area contributed by atoms with E-state index < -0.39 is 20.2 Å². The number of unbranched alkanes of at least 4 members (excludes halogenated alkanes) is 13. The van der Waals surface area contributed by atoms with Crippen LogP contribution in [-0.2, 0) is 10.9 Å². The Morgan fingerprint density at radius 3 is 1.58 bits per heavy atom. The molecular formula is C20H40O3Sn. The zero-order chi connectivity index (χ0) is 17.9. The Morgan fingerprint density at radius 2 is 1.08 bits per heavy atom. The van der Waals surface area contributed by atoms with Crippen molar-refractivity contribution in [2.75, 3.05) is 0 Å². The first-order valence-corrected chi connectivity index (χ1v) is 14.8. The molecule has 24 heavy (non-hydrogen) atoms. The van der Waals surface area contributed by atoms with Crippen LogP contribution in [0.2, 0.25) is 4.44 Å². The Hall–Kier alpha value is 0.0687. The van der Waals surface area contributed by atoms with Crippen molar-refractivity contribution >= 4 is 26.1 Å². The molecule has 4 heteroatoms. The zero-order valence-electron chi connectivity index (χ0n) is 16.2. The van der Waals surface area contributed by atoms with E-state index in [4.69, 9.17) is 3.07 Å². The number of carbonyl (C=O) groups excluding carboxylic acids is 1. The van der Waals surface area contributed by atoms with Gasteiger partial charge in [0.15, 0.2) is 0 Å². The van der Waals surface area contributed by atoms with Crippen LogP contribution in [0.1, 0.15) is 117 Å². The van der Waals surface area contributed by atoms with E-state index in [1.165, 1.54) is 70.6 Å². The van der Waals surface area contributed by atoms with Gasteiger partial charge in [-0.05, 0) is 0 Å². The summed E-state index contributed by atoms with van der Waals surface area (Å²) in [5.74, 6) is -0.215. The molecule has 0 radical (unpaired) electrons. The normalized spacial score (nSPS) is 10.8. The Labute approximate surface area is 158 Å². The van der Waals surface area contributed by atoms with Gasteiger partial charge in [0.05, 0.1) is 0 Å². The van der Waals surface area contributed by atoms with Crippen LogP contribution >= 0.6 is 0 Å². The molecule has 0 rings (SSSR count). The summed E-state index contributed by atoms with van der Waals surface area (Å²) < 4.78 is 17.7. The molecule has 0 aliphatic carbocycles. The zero-order valence-corrected chi connectivity index (χ0v) is 19.1. The van der Waals surface area contributed by atoms with E-state index in [0.717, 1.165) is 25.7 Å². The van der Waals surface area contributed by atoms with Crippen LogP contribution in [0.3, 0.4) is 0 Å². The van der Waals surface area contributed by atoms with Gasteiger partial charge in [-0.2, -0.15) is 0 Å². The summed E-state index contributed by atoms with van der Waals surface area (Å²) >= 11 is -3.06. The molecule has 0 heterocycles. The SMILES string of the molecule is CCCCCCCCCCCC(=O)[O][Sn](=[O])[CH2]CCCCCCC. The van der Waals surface area contributed by atoms with Crippen molar-refractivity contribution in [2.45, 2.75) is 121 Å². The fourth-order valence-electron chi connectivity index (χ4n) is 2.86. The summed E-state index contributed by atoms with van der Waals surface area (Å²) in [6.45, 7) is 4.44. The fraction of sp³-hybridized carbons (Fsp3) is 0.950.